The van der Waals surface area contributed by atoms with Gasteiger partial charge in [-0.3, -0.25) is 4.79 Å². The summed E-state index contributed by atoms with van der Waals surface area (Å²) < 4.78 is 16.5. The average molecular weight is 402 g/mol. The molecule has 1 saturated heterocycles. The molecule has 0 saturated carbocycles. The molecule has 25 heavy (non-hydrogen) atoms. The van der Waals surface area contributed by atoms with E-state index in [-0.39, 0.29) is 17.0 Å². The number of esters is 1. The van der Waals surface area contributed by atoms with Gasteiger partial charge in [0, 0.05) is 0 Å². The second kappa shape index (κ2) is 8.35. The van der Waals surface area contributed by atoms with Crippen molar-refractivity contribution in [3.63, 3.8) is 0 Å². The van der Waals surface area contributed by atoms with E-state index in [4.69, 9.17) is 16.3 Å². The molecular formula is C14H16ClN5O3S2. The van der Waals surface area contributed by atoms with Crippen LogP contribution in [0.15, 0.2) is 11.4 Å². The van der Waals surface area contributed by atoms with Crippen molar-refractivity contribution < 1.29 is 14.1 Å². The third kappa shape index (κ3) is 4.43. The lowest BCUT2D eigenvalue weighted by Gasteiger charge is -2.29. The maximum atomic E-state index is 11.6. The average Bonchev–Trinajstić information content (AvgIpc) is 2.60. The highest BCUT2D eigenvalue weighted by molar-refractivity contribution is 8.00. The standard InChI is InChI=1S/C14H16ClN5O3S2/c1-2-23-9(21)7-24-13-11-10(16-8-17-13)12(19-14(15)18-11)20-3-5-25(22)6-4-20/h8H,2-7H2,1H3. The Labute approximate surface area is 156 Å². The molecule has 0 spiro atoms. The molecule has 0 atom stereocenters. The molecule has 0 unspecified atom stereocenters. The van der Waals surface area contributed by atoms with E-state index in [0.29, 0.717) is 53.1 Å². The van der Waals surface area contributed by atoms with E-state index in [0.717, 1.165) is 0 Å². The SMILES string of the molecule is CCOC(=O)CSc1ncnc2c(N3CC[S+]([O-])CC3)nc(Cl)nc12. The van der Waals surface area contributed by atoms with Gasteiger partial charge in [0.15, 0.2) is 5.82 Å². The number of fused-ring (bicyclic) bond motifs is 1. The first-order valence-corrected chi connectivity index (χ1v) is 10.5. The summed E-state index contributed by atoms with van der Waals surface area (Å²) in [6, 6.07) is 0. The van der Waals surface area contributed by atoms with Gasteiger partial charge in [-0.1, -0.05) is 22.9 Å². The van der Waals surface area contributed by atoms with Crippen LogP contribution in [-0.2, 0) is 20.7 Å². The van der Waals surface area contributed by atoms with E-state index in [1.807, 2.05) is 4.90 Å². The van der Waals surface area contributed by atoms with E-state index in [2.05, 4.69) is 19.9 Å². The van der Waals surface area contributed by atoms with Gasteiger partial charge in [0.2, 0.25) is 5.28 Å². The monoisotopic (exact) mass is 401 g/mol. The highest BCUT2D eigenvalue weighted by atomic mass is 35.5. The maximum absolute atomic E-state index is 11.6. The van der Waals surface area contributed by atoms with Crippen LogP contribution in [0.1, 0.15) is 6.92 Å². The molecule has 0 aliphatic carbocycles. The number of nitrogens with zero attached hydrogens (tertiary/aromatic N) is 5. The first-order chi connectivity index (χ1) is 12.1. The van der Waals surface area contributed by atoms with Crippen LogP contribution in [-0.4, -0.2) is 67.4 Å². The largest absolute Gasteiger partial charge is 0.616 e. The fourth-order valence-electron chi connectivity index (χ4n) is 2.39. The quantitative estimate of drug-likeness (QED) is 0.241. The van der Waals surface area contributed by atoms with Crippen molar-refractivity contribution in [1.82, 2.24) is 19.9 Å². The number of halogens is 1. The Bertz CT molecular complexity index is 773. The Balaban J connectivity index is 1.92. The molecule has 0 bridgehead atoms. The summed E-state index contributed by atoms with van der Waals surface area (Å²) in [5, 5.41) is 0.631. The highest BCUT2D eigenvalue weighted by Crippen LogP contribution is 2.30. The zero-order chi connectivity index (χ0) is 17.8. The summed E-state index contributed by atoms with van der Waals surface area (Å²) in [4.78, 5) is 30.6. The van der Waals surface area contributed by atoms with Gasteiger partial charge in [-0.25, -0.2) is 15.0 Å². The minimum Gasteiger partial charge on any atom is -0.616 e. The zero-order valence-electron chi connectivity index (χ0n) is 13.5. The molecule has 8 nitrogen and oxygen atoms in total. The van der Waals surface area contributed by atoms with Gasteiger partial charge in [-0.2, -0.15) is 4.98 Å². The second-order valence-electron chi connectivity index (χ2n) is 5.12. The lowest BCUT2D eigenvalue weighted by atomic mass is 10.3. The Morgan fingerprint density at radius 3 is 2.84 bits per heavy atom. The van der Waals surface area contributed by atoms with Crippen LogP contribution >= 0.6 is 23.4 Å². The molecule has 134 valence electrons. The van der Waals surface area contributed by atoms with Crippen LogP contribution in [0.4, 0.5) is 5.82 Å². The maximum Gasteiger partial charge on any atom is 0.316 e. The van der Waals surface area contributed by atoms with Crippen molar-refractivity contribution >= 4 is 57.4 Å². The van der Waals surface area contributed by atoms with Crippen LogP contribution < -0.4 is 4.90 Å². The van der Waals surface area contributed by atoms with E-state index in [9.17, 15) is 9.35 Å². The molecule has 2 aromatic heterocycles. The number of carbonyl (C=O) groups is 1. The molecule has 0 amide bonds. The Hall–Kier alpha value is -1.36. The van der Waals surface area contributed by atoms with E-state index in [1.54, 1.807) is 6.92 Å². The molecule has 1 aliphatic heterocycles. The van der Waals surface area contributed by atoms with Crippen molar-refractivity contribution in [2.75, 3.05) is 41.9 Å². The lowest BCUT2D eigenvalue weighted by Crippen LogP contribution is -2.41. The lowest BCUT2D eigenvalue weighted by molar-refractivity contribution is -0.139. The smallest absolute Gasteiger partial charge is 0.316 e. The summed E-state index contributed by atoms with van der Waals surface area (Å²) in [5.74, 6) is 1.57. The molecule has 1 fully saturated rings. The minimum atomic E-state index is -0.795. The Morgan fingerprint density at radius 2 is 2.12 bits per heavy atom. The van der Waals surface area contributed by atoms with Crippen LogP contribution in [0.2, 0.25) is 5.28 Å². The van der Waals surface area contributed by atoms with Crippen LogP contribution in [0.3, 0.4) is 0 Å². The Kier molecular flexibility index (Phi) is 6.15. The molecular weight excluding hydrogens is 386 g/mol. The third-order valence-electron chi connectivity index (χ3n) is 3.51. The van der Waals surface area contributed by atoms with E-state index < -0.39 is 11.2 Å². The summed E-state index contributed by atoms with van der Waals surface area (Å²) in [7, 11) is 0. The first-order valence-electron chi connectivity index (χ1n) is 7.65. The summed E-state index contributed by atoms with van der Waals surface area (Å²) in [6.07, 6.45) is 1.42. The number of hydrogen-bond donors (Lipinski definition) is 0. The molecule has 3 heterocycles. The normalized spacial score (nSPS) is 15.6. The highest BCUT2D eigenvalue weighted by Gasteiger charge is 2.24. The van der Waals surface area contributed by atoms with Crippen molar-refractivity contribution in [3.05, 3.63) is 11.6 Å². The van der Waals surface area contributed by atoms with Crippen LogP contribution in [0, 0.1) is 0 Å². The molecule has 0 N–H and O–H groups in total. The van der Waals surface area contributed by atoms with Crippen LogP contribution in [0.5, 0.6) is 0 Å². The van der Waals surface area contributed by atoms with Gasteiger partial charge in [0.05, 0.1) is 25.4 Å². The number of hydrogen-bond acceptors (Lipinski definition) is 9. The number of thioether (sulfide) groups is 1. The van der Waals surface area contributed by atoms with Gasteiger partial charge in [-0.05, 0) is 18.5 Å². The second-order valence-corrected chi connectivity index (χ2v) is 8.12. The molecule has 2 aromatic rings. The van der Waals surface area contributed by atoms with Crippen molar-refractivity contribution in [2.24, 2.45) is 0 Å². The fraction of sp³-hybridized carbons (Fsp3) is 0.500. The topological polar surface area (TPSA) is 104 Å². The first kappa shape index (κ1) is 18.4. The third-order valence-corrected chi connectivity index (χ3v) is 5.91. The number of rotatable bonds is 5. The molecule has 11 heteroatoms. The van der Waals surface area contributed by atoms with Gasteiger partial charge >= 0.3 is 5.97 Å². The number of anilines is 1. The summed E-state index contributed by atoms with van der Waals surface area (Å²) >= 11 is 6.52. The van der Waals surface area contributed by atoms with E-state index >= 15 is 0 Å². The summed E-state index contributed by atoms with van der Waals surface area (Å²) in [5.41, 5.74) is 1.07. The van der Waals surface area contributed by atoms with Gasteiger partial charge < -0.3 is 14.2 Å². The fourth-order valence-corrected chi connectivity index (χ4v) is 4.35. The van der Waals surface area contributed by atoms with Gasteiger partial charge in [-0.15, -0.1) is 0 Å². The number of aromatic nitrogens is 4. The van der Waals surface area contributed by atoms with Gasteiger partial charge in [0.1, 0.15) is 33.9 Å². The minimum absolute atomic E-state index is 0.0852. The molecule has 0 radical (unpaired) electrons. The number of ether oxygens (including phenoxy) is 1. The van der Waals surface area contributed by atoms with Crippen molar-refractivity contribution in [1.29, 1.82) is 0 Å². The predicted octanol–water partition coefficient (Wildman–Crippen LogP) is 1.30. The van der Waals surface area contributed by atoms with Crippen molar-refractivity contribution in [3.8, 4) is 0 Å². The predicted molar refractivity (Wildman–Crippen MR) is 97.6 cm³/mol. The molecule has 1 aliphatic rings. The molecule has 3 rings (SSSR count). The number of carbonyl (C=O) groups excluding carboxylic acids is 1. The Morgan fingerprint density at radius 1 is 1.36 bits per heavy atom. The van der Waals surface area contributed by atoms with Crippen molar-refractivity contribution in [2.45, 2.75) is 11.9 Å². The van der Waals surface area contributed by atoms with Gasteiger partial charge in [0.25, 0.3) is 0 Å². The van der Waals surface area contributed by atoms with Crippen LogP contribution in [0.25, 0.3) is 11.0 Å². The van der Waals surface area contributed by atoms with E-state index in [1.165, 1.54) is 18.1 Å². The molecule has 0 aromatic carbocycles. The zero-order valence-corrected chi connectivity index (χ0v) is 15.9. The summed E-state index contributed by atoms with van der Waals surface area (Å²) in [6.45, 7) is 3.32.